The summed E-state index contributed by atoms with van der Waals surface area (Å²) in [4.78, 5) is 0. The Morgan fingerprint density at radius 3 is 2.45 bits per heavy atom. The number of hydrogen-bond acceptors (Lipinski definition) is 1. The highest BCUT2D eigenvalue weighted by Gasteiger charge is 2.18. The zero-order valence-electron chi connectivity index (χ0n) is 10.1. The smallest absolute Gasteiger partial charge is 0.129 e. The lowest BCUT2D eigenvalue weighted by molar-refractivity contribution is 0.563. The second-order valence-electron chi connectivity index (χ2n) is 4.30. The Bertz CT molecular complexity index is 629. The van der Waals surface area contributed by atoms with Gasteiger partial charge in [0.05, 0.1) is 5.02 Å². The second-order valence-corrected chi connectivity index (χ2v) is 5.97. The molecule has 0 radical (unpaired) electrons. The van der Waals surface area contributed by atoms with Gasteiger partial charge in [-0.15, -0.1) is 0 Å². The summed E-state index contributed by atoms with van der Waals surface area (Å²) >= 11 is 15.0. The molecule has 0 aliphatic carbocycles. The molecule has 2 aromatic rings. The minimum atomic E-state index is -0.741. The normalized spacial score (nSPS) is 12.5. The van der Waals surface area contributed by atoms with E-state index in [1.54, 1.807) is 6.07 Å². The van der Waals surface area contributed by atoms with Gasteiger partial charge in [-0.05, 0) is 46.6 Å². The van der Waals surface area contributed by atoms with Crippen LogP contribution in [-0.4, -0.2) is 0 Å². The van der Waals surface area contributed by atoms with E-state index in [-0.39, 0.29) is 22.6 Å². The first-order valence-corrected chi connectivity index (χ1v) is 7.28. The average Bonchev–Trinajstić information content (AvgIpc) is 2.38. The summed E-state index contributed by atoms with van der Waals surface area (Å²) in [5.74, 6) is -0.960. The van der Waals surface area contributed by atoms with Gasteiger partial charge in [-0.1, -0.05) is 29.3 Å². The Hall–Kier alpha value is -0.680. The average molecular weight is 381 g/mol. The van der Waals surface area contributed by atoms with Crippen molar-refractivity contribution in [3.8, 4) is 0 Å². The van der Waals surface area contributed by atoms with Crippen molar-refractivity contribution in [3.05, 3.63) is 67.6 Å². The van der Waals surface area contributed by atoms with Crippen molar-refractivity contribution in [2.24, 2.45) is 5.73 Å². The molecule has 2 N–H and O–H groups in total. The topological polar surface area (TPSA) is 26.0 Å². The highest BCUT2D eigenvalue weighted by atomic mass is 79.9. The van der Waals surface area contributed by atoms with Crippen LogP contribution in [0.5, 0.6) is 0 Å². The van der Waals surface area contributed by atoms with Crippen LogP contribution in [0.2, 0.25) is 10.0 Å². The monoisotopic (exact) mass is 379 g/mol. The first-order chi connectivity index (χ1) is 9.40. The number of halogens is 5. The van der Waals surface area contributed by atoms with Crippen molar-refractivity contribution >= 4 is 39.1 Å². The van der Waals surface area contributed by atoms with Crippen LogP contribution in [-0.2, 0) is 6.42 Å². The maximum absolute atomic E-state index is 13.9. The Morgan fingerprint density at radius 1 is 1.10 bits per heavy atom. The molecule has 1 nitrogen and oxygen atoms in total. The van der Waals surface area contributed by atoms with E-state index in [0.717, 1.165) is 0 Å². The van der Waals surface area contributed by atoms with Crippen molar-refractivity contribution in [1.29, 1.82) is 0 Å². The minimum absolute atomic E-state index is 0.0837. The molecule has 2 aromatic carbocycles. The van der Waals surface area contributed by atoms with Crippen LogP contribution >= 0.6 is 39.1 Å². The Balaban J connectivity index is 2.33. The SMILES string of the molecule is NC(Cc1c(F)cccc1Cl)c1cc(Cl)c(Br)cc1F. The highest BCUT2D eigenvalue weighted by molar-refractivity contribution is 9.10. The van der Waals surface area contributed by atoms with E-state index in [1.165, 1.54) is 24.3 Å². The predicted octanol–water partition coefficient (Wildman–Crippen LogP) is 5.28. The standard InChI is InChI=1S/C14H10BrCl2F2N/c15-9-6-13(19)8(4-11(9)17)14(20)5-7-10(16)2-1-3-12(7)18/h1-4,6,14H,5,20H2. The van der Waals surface area contributed by atoms with E-state index in [2.05, 4.69) is 15.9 Å². The number of benzene rings is 2. The highest BCUT2D eigenvalue weighted by Crippen LogP contribution is 2.31. The largest absolute Gasteiger partial charge is 0.324 e. The van der Waals surface area contributed by atoms with Crippen molar-refractivity contribution in [1.82, 2.24) is 0 Å². The molecule has 1 atom stereocenters. The van der Waals surface area contributed by atoms with Crippen molar-refractivity contribution in [3.63, 3.8) is 0 Å². The van der Waals surface area contributed by atoms with Crippen LogP contribution < -0.4 is 5.73 Å². The predicted molar refractivity (Wildman–Crippen MR) is 81.2 cm³/mol. The molecule has 6 heteroatoms. The molecule has 0 saturated heterocycles. The van der Waals surface area contributed by atoms with Crippen LogP contribution in [0.3, 0.4) is 0 Å². The first kappa shape index (κ1) is 15.7. The van der Waals surface area contributed by atoms with Gasteiger partial charge in [-0.2, -0.15) is 0 Å². The molecule has 0 spiro atoms. The fourth-order valence-electron chi connectivity index (χ4n) is 1.88. The van der Waals surface area contributed by atoms with Crippen LogP contribution in [0.15, 0.2) is 34.8 Å². The van der Waals surface area contributed by atoms with Crippen molar-refractivity contribution in [2.45, 2.75) is 12.5 Å². The van der Waals surface area contributed by atoms with Gasteiger partial charge in [0.2, 0.25) is 0 Å². The van der Waals surface area contributed by atoms with Crippen LogP contribution in [0, 0.1) is 11.6 Å². The van der Waals surface area contributed by atoms with Crippen molar-refractivity contribution in [2.75, 3.05) is 0 Å². The van der Waals surface area contributed by atoms with E-state index in [9.17, 15) is 8.78 Å². The molecule has 0 bridgehead atoms. The van der Waals surface area contributed by atoms with Crippen LogP contribution in [0.25, 0.3) is 0 Å². The molecule has 0 heterocycles. The first-order valence-electron chi connectivity index (χ1n) is 5.73. The molecule has 20 heavy (non-hydrogen) atoms. The fraction of sp³-hybridized carbons (Fsp3) is 0.143. The van der Waals surface area contributed by atoms with E-state index < -0.39 is 17.7 Å². The molecular formula is C14H10BrCl2F2N. The summed E-state index contributed by atoms with van der Waals surface area (Å²) in [6.45, 7) is 0. The van der Waals surface area contributed by atoms with Gasteiger partial charge in [0.15, 0.2) is 0 Å². The van der Waals surface area contributed by atoms with E-state index >= 15 is 0 Å². The van der Waals surface area contributed by atoms with Gasteiger partial charge < -0.3 is 5.73 Å². The third kappa shape index (κ3) is 3.31. The third-order valence-electron chi connectivity index (χ3n) is 2.92. The van der Waals surface area contributed by atoms with E-state index in [0.29, 0.717) is 9.50 Å². The Labute approximate surface area is 133 Å². The Kier molecular flexibility index (Phi) is 5.02. The van der Waals surface area contributed by atoms with Gasteiger partial charge in [0.1, 0.15) is 11.6 Å². The lowest BCUT2D eigenvalue weighted by Crippen LogP contribution is -2.16. The summed E-state index contributed by atoms with van der Waals surface area (Å²) in [7, 11) is 0. The maximum Gasteiger partial charge on any atom is 0.129 e. The lowest BCUT2D eigenvalue weighted by Gasteiger charge is -2.15. The maximum atomic E-state index is 13.9. The van der Waals surface area contributed by atoms with Crippen LogP contribution in [0.4, 0.5) is 8.78 Å². The van der Waals surface area contributed by atoms with Gasteiger partial charge in [-0.25, -0.2) is 8.78 Å². The summed E-state index contributed by atoms with van der Waals surface area (Å²) in [5, 5.41) is 0.612. The van der Waals surface area contributed by atoms with E-state index in [1.807, 2.05) is 0 Å². The molecule has 0 aliphatic rings. The molecule has 0 fully saturated rings. The molecule has 0 saturated carbocycles. The molecular weight excluding hydrogens is 371 g/mol. The van der Waals surface area contributed by atoms with Gasteiger partial charge in [0, 0.05) is 26.7 Å². The van der Waals surface area contributed by atoms with Crippen molar-refractivity contribution < 1.29 is 8.78 Å². The van der Waals surface area contributed by atoms with Gasteiger partial charge in [-0.3, -0.25) is 0 Å². The summed E-state index contributed by atoms with van der Waals surface area (Å²) in [6, 6.07) is 6.29. The van der Waals surface area contributed by atoms with E-state index in [4.69, 9.17) is 28.9 Å². The number of nitrogens with two attached hydrogens (primary N) is 1. The molecule has 0 aromatic heterocycles. The lowest BCUT2D eigenvalue weighted by atomic mass is 9.99. The molecule has 106 valence electrons. The van der Waals surface area contributed by atoms with Gasteiger partial charge >= 0.3 is 0 Å². The number of hydrogen-bond donors (Lipinski definition) is 1. The molecule has 0 aliphatic heterocycles. The molecule has 0 amide bonds. The Morgan fingerprint density at radius 2 is 1.80 bits per heavy atom. The van der Waals surface area contributed by atoms with Gasteiger partial charge in [0.25, 0.3) is 0 Å². The minimum Gasteiger partial charge on any atom is -0.324 e. The molecule has 2 rings (SSSR count). The third-order valence-corrected chi connectivity index (χ3v) is 4.48. The van der Waals surface area contributed by atoms with Crippen LogP contribution in [0.1, 0.15) is 17.2 Å². The summed E-state index contributed by atoms with van der Waals surface area (Å²) < 4.78 is 28.0. The summed E-state index contributed by atoms with van der Waals surface area (Å²) in [6.07, 6.45) is 0.0837. The second kappa shape index (κ2) is 6.39. The number of rotatable bonds is 3. The fourth-order valence-corrected chi connectivity index (χ4v) is 2.61. The summed E-state index contributed by atoms with van der Waals surface area (Å²) in [5.41, 5.74) is 6.43. The molecule has 1 unspecified atom stereocenters. The quantitative estimate of drug-likeness (QED) is 0.720. The zero-order valence-corrected chi connectivity index (χ0v) is 13.2. The zero-order chi connectivity index (χ0) is 14.9.